The first-order valence-corrected chi connectivity index (χ1v) is 7.67. The molecular formula is C10H22ClN3O2S. The molecule has 1 unspecified atom stereocenters. The largest absolute Gasteiger partial charge is 0.315 e. The predicted octanol–water partition coefficient (Wildman–Crippen LogP) is -0.263. The Bertz CT molecular complexity index is 322. The number of halogens is 1. The topological polar surface area (TPSA) is 52.7 Å². The molecule has 2 aliphatic rings. The van der Waals surface area contributed by atoms with E-state index in [0.29, 0.717) is 19.1 Å². The van der Waals surface area contributed by atoms with Crippen LogP contribution in [0.1, 0.15) is 13.3 Å². The number of rotatable bonds is 3. The van der Waals surface area contributed by atoms with Crippen molar-refractivity contribution in [2.24, 2.45) is 0 Å². The first-order valence-electron chi connectivity index (χ1n) is 6.06. The van der Waals surface area contributed by atoms with E-state index in [-0.39, 0.29) is 18.2 Å². The minimum absolute atomic E-state index is 0. The molecule has 0 spiro atoms. The van der Waals surface area contributed by atoms with Gasteiger partial charge in [0.1, 0.15) is 0 Å². The standard InChI is InChI=1S/C10H21N3O2S.ClH/c1-2-16(14,15)13-7-5-12(6-8-13)10-3-4-11-9-10;/h10-11H,2-9H2,1H3;1H. The van der Waals surface area contributed by atoms with Crippen molar-refractivity contribution in [3.63, 3.8) is 0 Å². The molecule has 2 saturated heterocycles. The molecule has 2 rings (SSSR count). The summed E-state index contributed by atoms with van der Waals surface area (Å²) >= 11 is 0. The third-order valence-corrected chi connectivity index (χ3v) is 5.46. The highest BCUT2D eigenvalue weighted by atomic mass is 35.5. The molecule has 7 heteroatoms. The molecule has 1 atom stereocenters. The van der Waals surface area contributed by atoms with E-state index >= 15 is 0 Å². The van der Waals surface area contributed by atoms with Gasteiger partial charge in [-0.25, -0.2) is 8.42 Å². The third kappa shape index (κ3) is 3.54. The quantitative estimate of drug-likeness (QED) is 0.775. The molecule has 17 heavy (non-hydrogen) atoms. The number of nitrogens with zero attached hydrogens (tertiary/aromatic N) is 2. The molecule has 1 N–H and O–H groups in total. The van der Waals surface area contributed by atoms with Crippen LogP contribution < -0.4 is 5.32 Å². The summed E-state index contributed by atoms with van der Waals surface area (Å²) in [6.45, 7) is 6.94. The van der Waals surface area contributed by atoms with Crippen molar-refractivity contribution in [3.05, 3.63) is 0 Å². The molecule has 0 aromatic rings. The van der Waals surface area contributed by atoms with Gasteiger partial charge in [0.15, 0.2) is 0 Å². The van der Waals surface area contributed by atoms with Crippen molar-refractivity contribution in [2.75, 3.05) is 45.0 Å². The smallest absolute Gasteiger partial charge is 0.213 e. The summed E-state index contributed by atoms with van der Waals surface area (Å²) in [6.07, 6.45) is 1.19. The Morgan fingerprint density at radius 1 is 1.24 bits per heavy atom. The Labute approximate surface area is 110 Å². The predicted molar refractivity (Wildman–Crippen MR) is 71.1 cm³/mol. The molecule has 0 saturated carbocycles. The first-order chi connectivity index (χ1) is 7.63. The fraction of sp³-hybridized carbons (Fsp3) is 1.00. The van der Waals surface area contributed by atoms with Crippen molar-refractivity contribution >= 4 is 22.4 Å². The van der Waals surface area contributed by atoms with E-state index in [0.717, 1.165) is 26.2 Å². The SMILES string of the molecule is CCS(=O)(=O)N1CCN(C2CCNC2)CC1.Cl. The lowest BCUT2D eigenvalue weighted by Crippen LogP contribution is -2.52. The lowest BCUT2D eigenvalue weighted by Gasteiger charge is -2.36. The Kier molecular flexibility index (Phi) is 5.66. The van der Waals surface area contributed by atoms with Gasteiger partial charge in [-0.2, -0.15) is 4.31 Å². The minimum atomic E-state index is -2.98. The summed E-state index contributed by atoms with van der Waals surface area (Å²) in [6, 6.07) is 0.617. The van der Waals surface area contributed by atoms with Crippen LogP contribution in [0.3, 0.4) is 0 Å². The van der Waals surface area contributed by atoms with Crippen LogP contribution in [0.2, 0.25) is 0 Å². The number of hydrogen-bond donors (Lipinski definition) is 1. The van der Waals surface area contributed by atoms with Crippen molar-refractivity contribution < 1.29 is 8.42 Å². The number of hydrogen-bond acceptors (Lipinski definition) is 4. The molecule has 2 heterocycles. The first kappa shape index (κ1) is 15.2. The van der Waals surface area contributed by atoms with Crippen molar-refractivity contribution in [1.29, 1.82) is 0 Å². The second-order valence-electron chi connectivity index (χ2n) is 4.48. The summed E-state index contributed by atoms with van der Waals surface area (Å²) in [5.74, 6) is 0.220. The molecule has 0 aliphatic carbocycles. The van der Waals surface area contributed by atoms with Crippen LogP contribution in [0.25, 0.3) is 0 Å². The van der Waals surface area contributed by atoms with Gasteiger partial charge < -0.3 is 5.32 Å². The molecular weight excluding hydrogens is 262 g/mol. The summed E-state index contributed by atoms with van der Waals surface area (Å²) in [4.78, 5) is 2.42. The lowest BCUT2D eigenvalue weighted by atomic mass is 10.2. The molecule has 0 radical (unpaired) electrons. The maximum absolute atomic E-state index is 11.7. The highest BCUT2D eigenvalue weighted by Gasteiger charge is 2.29. The Balaban J connectivity index is 0.00000144. The molecule has 5 nitrogen and oxygen atoms in total. The second kappa shape index (κ2) is 6.33. The zero-order valence-electron chi connectivity index (χ0n) is 10.3. The van der Waals surface area contributed by atoms with Crippen LogP contribution in [0.15, 0.2) is 0 Å². The van der Waals surface area contributed by atoms with Gasteiger partial charge in [-0.1, -0.05) is 0 Å². The van der Waals surface area contributed by atoms with Gasteiger partial charge in [0.25, 0.3) is 0 Å². The molecule has 0 amide bonds. The van der Waals surface area contributed by atoms with Crippen molar-refractivity contribution in [3.8, 4) is 0 Å². The van der Waals surface area contributed by atoms with E-state index in [1.54, 1.807) is 11.2 Å². The normalized spacial score (nSPS) is 27.9. The summed E-state index contributed by atoms with van der Waals surface area (Å²) < 4.78 is 25.0. The number of sulfonamides is 1. The molecule has 0 aromatic heterocycles. The fourth-order valence-electron chi connectivity index (χ4n) is 2.48. The molecule has 0 aromatic carbocycles. The van der Waals surface area contributed by atoms with Gasteiger partial charge in [0, 0.05) is 38.8 Å². The van der Waals surface area contributed by atoms with Gasteiger partial charge in [-0.15, -0.1) is 12.4 Å². The van der Waals surface area contributed by atoms with Gasteiger partial charge in [0.05, 0.1) is 5.75 Å². The zero-order valence-corrected chi connectivity index (χ0v) is 11.9. The van der Waals surface area contributed by atoms with Crippen LogP contribution >= 0.6 is 12.4 Å². The Morgan fingerprint density at radius 2 is 1.88 bits per heavy atom. The summed E-state index contributed by atoms with van der Waals surface area (Å²) in [7, 11) is -2.98. The van der Waals surface area contributed by atoms with Gasteiger partial charge >= 0.3 is 0 Å². The number of piperazine rings is 1. The average Bonchev–Trinajstić information content (AvgIpc) is 2.83. The lowest BCUT2D eigenvalue weighted by molar-refractivity contribution is 0.145. The number of nitrogens with one attached hydrogen (secondary N) is 1. The van der Waals surface area contributed by atoms with Crippen LogP contribution in [-0.4, -0.2) is 68.7 Å². The van der Waals surface area contributed by atoms with Crippen LogP contribution in [0, 0.1) is 0 Å². The molecule has 2 aliphatic heterocycles. The van der Waals surface area contributed by atoms with Crippen molar-refractivity contribution in [1.82, 2.24) is 14.5 Å². The third-order valence-electron chi connectivity index (χ3n) is 3.58. The van der Waals surface area contributed by atoms with Crippen LogP contribution in [0.4, 0.5) is 0 Å². The molecule has 2 fully saturated rings. The highest BCUT2D eigenvalue weighted by Crippen LogP contribution is 2.14. The zero-order chi connectivity index (χ0) is 11.6. The summed E-state index contributed by atoms with van der Waals surface area (Å²) in [5.41, 5.74) is 0. The van der Waals surface area contributed by atoms with E-state index in [1.807, 2.05) is 0 Å². The van der Waals surface area contributed by atoms with Gasteiger partial charge in [-0.3, -0.25) is 4.90 Å². The van der Waals surface area contributed by atoms with E-state index in [9.17, 15) is 8.42 Å². The van der Waals surface area contributed by atoms with E-state index in [4.69, 9.17) is 0 Å². The summed E-state index contributed by atoms with van der Waals surface area (Å²) in [5, 5.41) is 3.35. The minimum Gasteiger partial charge on any atom is -0.315 e. The Hall–Kier alpha value is 0.120. The monoisotopic (exact) mass is 283 g/mol. The van der Waals surface area contributed by atoms with E-state index in [1.165, 1.54) is 6.42 Å². The van der Waals surface area contributed by atoms with E-state index < -0.39 is 10.0 Å². The van der Waals surface area contributed by atoms with Gasteiger partial charge in [0.2, 0.25) is 10.0 Å². The second-order valence-corrected chi connectivity index (χ2v) is 6.74. The highest BCUT2D eigenvalue weighted by molar-refractivity contribution is 7.89. The fourth-order valence-corrected chi connectivity index (χ4v) is 3.57. The van der Waals surface area contributed by atoms with Crippen LogP contribution in [0.5, 0.6) is 0 Å². The maximum Gasteiger partial charge on any atom is 0.213 e. The van der Waals surface area contributed by atoms with Crippen LogP contribution in [-0.2, 0) is 10.0 Å². The molecule has 102 valence electrons. The Morgan fingerprint density at radius 3 is 2.35 bits per heavy atom. The molecule has 0 bridgehead atoms. The maximum atomic E-state index is 11.7. The van der Waals surface area contributed by atoms with Crippen molar-refractivity contribution in [2.45, 2.75) is 19.4 Å². The average molecular weight is 284 g/mol. The van der Waals surface area contributed by atoms with E-state index in [2.05, 4.69) is 10.2 Å². The van der Waals surface area contributed by atoms with Gasteiger partial charge in [-0.05, 0) is 19.9 Å².